The number of aryl methyl sites for hydroxylation is 1. The van der Waals surface area contributed by atoms with E-state index < -0.39 is 32.5 Å². The van der Waals surface area contributed by atoms with E-state index in [4.69, 9.17) is 4.42 Å². The molecule has 11 heteroatoms. The Bertz CT molecular complexity index is 923. The van der Waals surface area contributed by atoms with Crippen LogP contribution in [0.5, 0.6) is 0 Å². The Hall–Kier alpha value is -2.40. The zero-order chi connectivity index (χ0) is 18.9. The maximum absolute atomic E-state index is 13.8. The number of nitrogens with zero attached hydrogens (tertiary/aromatic N) is 3. The van der Waals surface area contributed by atoms with Crippen LogP contribution in [0.1, 0.15) is 18.7 Å². The summed E-state index contributed by atoms with van der Waals surface area (Å²) in [7, 11) is -4.10. The highest BCUT2D eigenvalue weighted by Gasteiger charge is 2.34. The first-order valence-corrected chi connectivity index (χ1v) is 9.27. The van der Waals surface area contributed by atoms with Crippen LogP contribution in [0.15, 0.2) is 27.5 Å². The van der Waals surface area contributed by atoms with Gasteiger partial charge in [-0.25, -0.2) is 17.2 Å². The van der Waals surface area contributed by atoms with Crippen molar-refractivity contribution in [3.05, 3.63) is 35.7 Å². The van der Waals surface area contributed by atoms with Gasteiger partial charge in [-0.05, 0) is 25.0 Å². The topological polar surface area (TPSA) is 105 Å². The number of nitrogens with one attached hydrogen (secondary N) is 1. The maximum Gasteiger partial charge on any atom is 0.322 e. The molecule has 1 saturated heterocycles. The summed E-state index contributed by atoms with van der Waals surface area (Å²) in [5.74, 6) is -2.47. The van der Waals surface area contributed by atoms with E-state index in [2.05, 4.69) is 15.5 Å². The van der Waals surface area contributed by atoms with Gasteiger partial charge in [-0.3, -0.25) is 10.1 Å². The minimum Gasteiger partial charge on any atom is -0.408 e. The van der Waals surface area contributed by atoms with E-state index in [0.717, 1.165) is 16.4 Å². The molecule has 0 radical (unpaired) electrons. The van der Waals surface area contributed by atoms with Crippen molar-refractivity contribution in [3.63, 3.8) is 0 Å². The van der Waals surface area contributed by atoms with Gasteiger partial charge in [-0.1, -0.05) is 5.10 Å². The lowest BCUT2D eigenvalue weighted by Gasteiger charge is -2.30. The van der Waals surface area contributed by atoms with E-state index in [1.54, 1.807) is 6.92 Å². The lowest BCUT2D eigenvalue weighted by atomic mass is 9.97. The molecule has 2 heterocycles. The molecule has 0 saturated carbocycles. The van der Waals surface area contributed by atoms with Crippen molar-refractivity contribution in [2.45, 2.75) is 24.7 Å². The third-order valence-electron chi connectivity index (χ3n) is 4.09. The number of sulfonamides is 1. The van der Waals surface area contributed by atoms with Crippen LogP contribution in [0.3, 0.4) is 0 Å². The minimum absolute atomic E-state index is 0.0177. The van der Waals surface area contributed by atoms with Gasteiger partial charge >= 0.3 is 6.01 Å². The number of aromatic nitrogens is 2. The number of carbonyl (C=O) groups is 1. The molecular weight excluding hydrogens is 370 g/mol. The molecule has 3 rings (SSSR count). The van der Waals surface area contributed by atoms with Gasteiger partial charge < -0.3 is 4.42 Å². The van der Waals surface area contributed by atoms with Gasteiger partial charge in [-0.15, -0.1) is 5.10 Å². The normalized spacial score (nSPS) is 16.6. The maximum atomic E-state index is 13.8. The van der Waals surface area contributed by atoms with Crippen molar-refractivity contribution in [1.82, 2.24) is 14.5 Å². The van der Waals surface area contributed by atoms with Gasteiger partial charge in [0, 0.05) is 32.0 Å². The smallest absolute Gasteiger partial charge is 0.322 e. The Morgan fingerprint density at radius 2 is 1.96 bits per heavy atom. The number of hydrogen-bond donors (Lipinski definition) is 1. The average Bonchev–Trinajstić information content (AvgIpc) is 2.99. The molecule has 8 nitrogen and oxygen atoms in total. The molecule has 0 spiro atoms. The Morgan fingerprint density at radius 1 is 1.27 bits per heavy atom. The Balaban J connectivity index is 1.65. The predicted octanol–water partition coefficient (Wildman–Crippen LogP) is 1.70. The molecular formula is C15H16F2N4O4S. The quantitative estimate of drug-likeness (QED) is 0.857. The van der Waals surface area contributed by atoms with Crippen molar-refractivity contribution in [2.75, 3.05) is 18.4 Å². The highest BCUT2D eigenvalue weighted by molar-refractivity contribution is 7.89. The number of piperidine rings is 1. The second-order valence-electron chi connectivity index (χ2n) is 5.87. The van der Waals surface area contributed by atoms with Crippen molar-refractivity contribution in [2.24, 2.45) is 5.92 Å². The van der Waals surface area contributed by atoms with E-state index in [0.29, 0.717) is 12.0 Å². The standard InChI is InChI=1S/C15H16F2N4O4S/c1-9-19-20-15(25-9)18-14(22)10-4-6-21(7-5-10)26(23,24)13-3-2-11(16)8-12(13)17/h2-3,8,10H,4-7H2,1H3,(H,18,20,22). The first-order valence-electron chi connectivity index (χ1n) is 7.83. The number of rotatable bonds is 4. The highest BCUT2D eigenvalue weighted by atomic mass is 32.2. The molecule has 0 atom stereocenters. The Kier molecular flexibility index (Phi) is 5.01. The largest absolute Gasteiger partial charge is 0.408 e. The number of anilines is 1. The van der Waals surface area contributed by atoms with Crippen LogP contribution in [-0.4, -0.2) is 41.9 Å². The van der Waals surface area contributed by atoms with E-state index in [1.165, 1.54) is 0 Å². The van der Waals surface area contributed by atoms with Gasteiger partial charge in [-0.2, -0.15) is 4.31 Å². The first-order chi connectivity index (χ1) is 12.3. The van der Waals surface area contributed by atoms with Gasteiger partial charge in [0.25, 0.3) is 0 Å². The van der Waals surface area contributed by atoms with Crippen LogP contribution in [0, 0.1) is 24.5 Å². The minimum atomic E-state index is -4.10. The molecule has 140 valence electrons. The first kappa shape index (κ1) is 18.4. The molecule has 1 aromatic heterocycles. The highest BCUT2D eigenvalue weighted by Crippen LogP contribution is 2.26. The lowest BCUT2D eigenvalue weighted by Crippen LogP contribution is -2.41. The number of amides is 1. The van der Waals surface area contributed by atoms with E-state index in [-0.39, 0.29) is 37.9 Å². The summed E-state index contributed by atoms with van der Waals surface area (Å²) in [4.78, 5) is 11.6. The summed E-state index contributed by atoms with van der Waals surface area (Å²) in [5.41, 5.74) is 0. The zero-order valence-corrected chi connectivity index (χ0v) is 14.6. The molecule has 1 N–H and O–H groups in total. The van der Waals surface area contributed by atoms with E-state index in [9.17, 15) is 22.0 Å². The fraction of sp³-hybridized carbons (Fsp3) is 0.400. The summed E-state index contributed by atoms with van der Waals surface area (Å²) in [6.45, 7) is 1.67. The van der Waals surface area contributed by atoms with E-state index in [1.807, 2.05) is 0 Å². The summed E-state index contributed by atoms with van der Waals surface area (Å²) in [6.07, 6.45) is 0.502. The lowest BCUT2D eigenvalue weighted by molar-refractivity contribution is -0.121. The fourth-order valence-corrected chi connectivity index (χ4v) is 4.25. The fourth-order valence-electron chi connectivity index (χ4n) is 2.74. The third kappa shape index (κ3) is 3.73. The average molecular weight is 386 g/mol. The molecule has 1 aliphatic heterocycles. The monoisotopic (exact) mass is 386 g/mol. The van der Waals surface area contributed by atoms with Crippen molar-refractivity contribution in [1.29, 1.82) is 0 Å². The van der Waals surface area contributed by atoms with Crippen molar-refractivity contribution >= 4 is 21.9 Å². The van der Waals surface area contributed by atoms with Crippen LogP contribution < -0.4 is 5.32 Å². The molecule has 1 amide bonds. The van der Waals surface area contributed by atoms with Crippen LogP contribution in [0.4, 0.5) is 14.8 Å². The van der Waals surface area contributed by atoms with Gasteiger partial charge in [0.15, 0.2) is 0 Å². The van der Waals surface area contributed by atoms with Crippen LogP contribution in [-0.2, 0) is 14.8 Å². The zero-order valence-electron chi connectivity index (χ0n) is 13.8. The van der Waals surface area contributed by atoms with Gasteiger partial charge in [0.1, 0.15) is 16.5 Å². The van der Waals surface area contributed by atoms with Gasteiger partial charge in [0.05, 0.1) is 0 Å². The molecule has 1 aromatic carbocycles. The number of carbonyl (C=O) groups excluding carboxylic acids is 1. The van der Waals surface area contributed by atoms with Crippen molar-refractivity contribution in [3.8, 4) is 0 Å². The molecule has 1 aliphatic rings. The Morgan fingerprint density at radius 3 is 2.54 bits per heavy atom. The number of halogens is 2. The second kappa shape index (κ2) is 7.08. The molecule has 2 aromatic rings. The predicted molar refractivity (Wildman–Crippen MR) is 85.5 cm³/mol. The molecule has 1 fully saturated rings. The molecule has 0 aliphatic carbocycles. The molecule has 0 bridgehead atoms. The Labute approximate surface area is 148 Å². The summed E-state index contributed by atoms with van der Waals surface area (Å²) in [6, 6.07) is 2.30. The summed E-state index contributed by atoms with van der Waals surface area (Å²) < 4.78 is 58.0. The summed E-state index contributed by atoms with van der Waals surface area (Å²) >= 11 is 0. The third-order valence-corrected chi connectivity index (χ3v) is 6.02. The van der Waals surface area contributed by atoms with Gasteiger partial charge in [0.2, 0.25) is 21.8 Å². The number of hydrogen-bond acceptors (Lipinski definition) is 6. The van der Waals surface area contributed by atoms with Crippen LogP contribution in [0.25, 0.3) is 0 Å². The van der Waals surface area contributed by atoms with Crippen LogP contribution >= 0.6 is 0 Å². The van der Waals surface area contributed by atoms with E-state index >= 15 is 0 Å². The van der Waals surface area contributed by atoms with Crippen LogP contribution in [0.2, 0.25) is 0 Å². The molecule has 0 unspecified atom stereocenters. The number of benzene rings is 1. The second-order valence-corrected chi connectivity index (χ2v) is 7.77. The van der Waals surface area contributed by atoms with Crippen molar-refractivity contribution < 1.29 is 26.4 Å². The summed E-state index contributed by atoms with van der Waals surface area (Å²) in [5, 5.41) is 9.74. The SMILES string of the molecule is Cc1nnc(NC(=O)C2CCN(S(=O)(=O)c3ccc(F)cc3F)CC2)o1. The molecule has 26 heavy (non-hydrogen) atoms.